The van der Waals surface area contributed by atoms with Gasteiger partial charge in [0.1, 0.15) is 47.7 Å². The van der Waals surface area contributed by atoms with Gasteiger partial charge < -0.3 is 107 Å². The topological polar surface area (TPSA) is 566 Å². The largest absolute Gasteiger partial charge is 0.508 e. The number of hydrogen-bond donors (Lipinski definition) is 21. The minimum Gasteiger partial charge on any atom is -0.508 e. The molecule has 2 bridgehead atoms. The number of aromatic hydroxyl groups is 1. The second-order valence-corrected chi connectivity index (χ2v) is 28.7. The Morgan fingerprint density at radius 3 is 1.85 bits per heavy atom. The van der Waals surface area contributed by atoms with E-state index in [4.69, 9.17) is 17.2 Å². The molecule has 4 saturated heterocycles. The standard InChI is InChI=1S/C70H109N21O16S/c1-69-40-74-27-29-76-42-70(83-32-31-82-69,43-77-30-28-75-41-69)90-57(96)18-10-17-56(95)84-49(35-45-19-21-46(92)22-20-45)63(103)79-25-8-3-6-16-55(94)86-52(61(71)101)39-108-53-37-59(98)91(67(53)107)33-23-54(93)78-24-9-7-14-48-64(104)87-47(15-11-26-80-68(72)73)62(102)81-38-58(97)85-51(36-60(99)100)66(106)89-50(65(105)88-48)34-44-12-4-2-5-13-44/h2,4-5,12-13,19-22,47-53,74-77,82-83,92H,3,6-11,14-18,23-43H2,1H3,(H2,71,101)(H,78,93)(H,79,103)(H,81,102)(H,84,95)(H,85,97)(H,86,94)(H,87,104)(H,88,105)(H,89,106)(H,90,96)(H,99,100)(H4,72,73,80)/t47-,48?,49-,50+,51+,52-,53?,69?,70?/m0/s1. The number of guanidine groups is 1. The highest BCUT2D eigenvalue weighted by Crippen LogP contribution is 2.26. The maximum Gasteiger partial charge on any atom is 0.305 e. The van der Waals surface area contributed by atoms with Crippen LogP contribution in [0.2, 0.25) is 0 Å². The molecule has 37 nitrogen and oxygen atoms in total. The summed E-state index contributed by atoms with van der Waals surface area (Å²) in [4.78, 5) is 191. The van der Waals surface area contributed by atoms with E-state index < -0.39 is 137 Å². The van der Waals surface area contributed by atoms with Crippen molar-refractivity contribution in [2.75, 3.05) is 104 Å². The van der Waals surface area contributed by atoms with Gasteiger partial charge in [-0.05, 0) is 81.5 Å². The lowest BCUT2D eigenvalue weighted by atomic mass is 10.0. The number of phenolic OH excluding ortho intramolecular Hbond substituents is 1. The SMILES string of the molecule is CC12CNCCNCC(NC(=O)CCCC(=O)N[C@@H](Cc3ccc(O)cc3)C(=O)NCCCCCC(=O)N[C@@H](CSC3CC(=O)N(CCC(=O)NCCCCC4NC(=O)[C@@H](Cc5ccccc5)NC(=O)[C@@H](CC(=O)O)NC(=O)CNC(=O)[C@H](CCCN=C(N)N)NC4=O)C3=O)C(N)=O)(CNCCNC1)NCCN2. The van der Waals surface area contributed by atoms with Gasteiger partial charge >= 0.3 is 5.97 Å². The van der Waals surface area contributed by atoms with Crippen molar-refractivity contribution in [3.63, 3.8) is 0 Å². The molecule has 0 aliphatic carbocycles. The smallest absolute Gasteiger partial charge is 0.305 e. The highest BCUT2D eigenvalue weighted by molar-refractivity contribution is 8.00. The number of aliphatic imine (C=N–C) groups is 1. The van der Waals surface area contributed by atoms with Crippen LogP contribution in [-0.4, -0.2) is 260 Å². The minimum absolute atomic E-state index is 0.0155. The third-order valence-corrected chi connectivity index (χ3v) is 19.6. The Morgan fingerprint density at radius 2 is 1.19 bits per heavy atom. The van der Waals surface area contributed by atoms with E-state index in [2.05, 4.69) is 97.0 Å². The van der Waals surface area contributed by atoms with E-state index in [0.717, 1.165) is 42.8 Å². The van der Waals surface area contributed by atoms with E-state index in [1.807, 2.05) is 0 Å². The molecule has 4 aliphatic heterocycles. The van der Waals surface area contributed by atoms with Crippen LogP contribution in [0.25, 0.3) is 0 Å². The fourth-order valence-corrected chi connectivity index (χ4v) is 13.6. The maximum absolute atomic E-state index is 14.2. The van der Waals surface area contributed by atoms with E-state index in [1.165, 1.54) is 12.1 Å². The molecule has 0 spiro atoms. The molecule has 108 heavy (non-hydrogen) atoms. The Bertz CT molecular complexity index is 3390. The van der Waals surface area contributed by atoms with Gasteiger partial charge in [0.15, 0.2) is 5.96 Å². The molecule has 0 radical (unpaired) electrons. The highest BCUT2D eigenvalue weighted by Gasteiger charge is 2.40. The van der Waals surface area contributed by atoms with E-state index in [9.17, 15) is 77.3 Å². The molecule has 0 saturated carbocycles. The first-order valence-electron chi connectivity index (χ1n) is 36.8. The van der Waals surface area contributed by atoms with Crippen molar-refractivity contribution in [1.29, 1.82) is 0 Å². The van der Waals surface area contributed by atoms with Crippen LogP contribution in [0, 0.1) is 0 Å². The summed E-state index contributed by atoms with van der Waals surface area (Å²) in [6.07, 6.45) is 0.556. The number of nitrogens with zero attached hydrogens (tertiary/aromatic N) is 2. The zero-order valence-corrected chi connectivity index (χ0v) is 62.0. The Kier molecular flexibility index (Phi) is 37.1. The van der Waals surface area contributed by atoms with Crippen LogP contribution >= 0.6 is 11.8 Å². The zero-order valence-electron chi connectivity index (χ0n) is 61.2. The number of unbranched alkanes of at least 4 members (excludes halogenated alkanes) is 3. The quantitative estimate of drug-likeness (QED) is 0.0131. The van der Waals surface area contributed by atoms with Crippen molar-refractivity contribution >= 4 is 100 Å². The number of amides is 13. The number of carbonyl (C=O) groups is 14. The van der Waals surface area contributed by atoms with Gasteiger partial charge in [0, 0.05) is 148 Å². The van der Waals surface area contributed by atoms with E-state index in [-0.39, 0.29) is 139 Å². The van der Waals surface area contributed by atoms with Gasteiger partial charge in [-0.1, -0.05) is 48.9 Å². The Morgan fingerprint density at radius 1 is 0.602 bits per heavy atom. The number of fused-ring (bicyclic) bond motifs is 5. The molecule has 2 unspecified atom stereocenters. The van der Waals surface area contributed by atoms with Crippen molar-refractivity contribution in [2.24, 2.45) is 22.2 Å². The van der Waals surface area contributed by atoms with E-state index in [1.54, 1.807) is 42.5 Å². The van der Waals surface area contributed by atoms with Crippen molar-refractivity contribution in [2.45, 2.75) is 169 Å². The number of aliphatic carboxylic acids is 1. The number of carboxylic acid groups (broad SMARTS) is 1. The first kappa shape index (κ1) is 87.3. The van der Waals surface area contributed by atoms with Crippen LogP contribution < -0.4 is 102 Å². The predicted molar refractivity (Wildman–Crippen MR) is 399 cm³/mol. The number of rotatable bonds is 36. The fourth-order valence-electron chi connectivity index (χ4n) is 12.4. The highest BCUT2D eigenvalue weighted by atomic mass is 32.2. The normalized spacial score (nSPS) is 22.7. The fraction of sp³-hybridized carbons (Fsp3) is 0.614. The first-order valence-corrected chi connectivity index (χ1v) is 37.8. The van der Waals surface area contributed by atoms with Gasteiger partial charge in [0.2, 0.25) is 76.8 Å². The molecular weight excluding hydrogens is 1420 g/mol. The average Bonchev–Trinajstić information content (AvgIpc) is 1.65. The second-order valence-electron chi connectivity index (χ2n) is 27.5. The summed E-state index contributed by atoms with van der Waals surface area (Å²) in [6.45, 7) is 8.06. The van der Waals surface area contributed by atoms with Crippen molar-refractivity contribution < 1.29 is 77.3 Å². The van der Waals surface area contributed by atoms with Gasteiger partial charge in [-0.25, -0.2) is 0 Å². The van der Waals surface area contributed by atoms with Crippen molar-refractivity contribution in [1.82, 2.24) is 90.0 Å². The Hall–Kier alpha value is -9.60. The number of thioether (sulfide) groups is 1. The van der Waals surface area contributed by atoms with Crippen LogP contribution in [0.1, 0.15) is 114 Å². The number of imide groups is 1. The number of phenols is 1. The summed E-state index contributed by atoms with van der Waals surface area (Å²) in [7, 11) is 0. The van der Waals surface area contributed by atoms with Gasteiger partial charge in [-0.2, -0.15) is 0 Å². The molecule has 24 N–H and O–H groups in total. The predicted octanol–water partition coefficient (Wildman–Crippen LogP) is -6.25. The van der Waals surface area contributed by atoms with Crippen molar-refractivity contribution in [3.05, 3.63) is 65.7 Å². The molecular formula is C70H109N21O16S. The van der Waals surface area contributed by atoms with Crippen LogP contribution in [0.5, 0.6) is 5.75 Å². The zero-order chi connectivity index (χ0) is 78.4. The van der Waals surface area contributed by atoms with Crippen LogP contribution in [0.3, 0.4) is 0 Å². The first-order chi connectivity index (χ1) is 51.7. The lowest BCUT2D eigenvalue weighted by Gasteiger charge is -2.39. The number of likely N-dealkylation sites (tertiary alicyclic amines) is 1. The number of nitrogens with one attached hydrogen (secondary N) is 16. The summed E-state index contributed by atoms with van der Waals surface area (Å²) in [5.74, 6) is -10.4. The number of carbonyl (C=O) groups excluding carboxylic acids is 13. The summed E-state index contributed by atoms with van der Waals surface area (Å²) < 4.78 is 0. The number of primary amides is 1. The maximum atomic E-state index is 14.2. The summed E-state index contributed by atoms with van der Waals surface area (Å²) in [5, 5.41) is 66.4. The molecule has 596 valence electrons. The summed E-state index contributed by atoms with van der Waals surface area (Å²) in [5.41, 5.74) is 16.8. The van der Waals surface area contributed by atoms with Gasteiger partial charge in [-0.3, -0.25) is 82.3 Å². The Balaban J connectivity index is 0.920. The lowest BCUT2D eigenvalue weighted by molar-refractivity contribution is -0.141. The van der Waals surface area contributed by atoms with Gasteiger partial charge in [0.25, 0.3) is 0 Å². The summed E-state index contributed by atoms with van der Waals surface area (Å²) in [6, 6.07) is 6.79. The van der Waals surface area contributed by atoms with E-state index in [0.29, 0.717) is 69.7 Å². The van der Waals surface area contributed by atoms with Crippen LogP contribution in [0.4, 0.5) is 0 Å². The summed E-state index contributed by atoms with van der Waals surface area (Å²) >= 11 is 0.950. The molecule has 38 heteroatoms. The third kappa shape index (κ3) is 32.1. The average molecular weight is 1530 g/mol. The molecule has 7 atom stereocenters. The molecule has 13 amide bonds. The minimum atomic E-state index is -1.67. The van der Waals surface area contributed by atoms with Gasteiger partial charge in [-0.15, -0.1) is 11.8 Å². The van der Waals surface area contributed by atoms with Gasteiger partial charge in [0.05, 0.1) is 18.2 Å². The lowest BCUT2D eigenvalue weighted by Crippen LogP contribution is -2.70. The number of hydrogen-bond acceptors (Lipinski definition) is 23. The second kappa shape index (κ2) is 45.9. The molecule has 2 aromatic carbocycles. The Labute approximate surface area is 631 Å². The molecule has 0 aromatic heterocycles. The molecule has 4 aliphatic rings. The molecule has 2 aromatic rings. The number of benzene rings is 2. The van der Waals surface area contributed by atoms with E-state index >= 15 is 0 Å². The molecule has 4 heterocycles. The van der Waals surface area contributed by atoms with Crippen LogP contribution in [-0.2, 0) is 80.0 Å². The number of nitrogens with two attached hydrogens (primary N) is 3. The number of carboxylic acids is 1. The molecule has 4 fully saturated rings. The van der Waals surface area contributed by atoms with Crippen LogP contribution in [0.15, 0.2) is 59.6 Å². The van der Waals surface area contributed by atoms with Crippen molar-refractivity contribution in [3.8, 4) is 5.75 Å². The monoisotopic (exact) mass is 1530 g/mol. The molecule has 6 rings (SSSR count). The third-order valence-electron chi connectivity index (χ3n) is 18.3.